The standard InChI is InChI=1S/C15H15N3O5S/c1-2-23-14-6-8-15(9-7-14)24(21,22)17-16-11-12-4-3-5-13(10-12)18(19)20/h3-11,17H,2H2,1H3/b16-11-. The van der Waals surface area contributed by atoms with Crippen LogP contribution in [0.2, 0.25) is 0 Å². The summed E-state index contributed by atoms with van der Waals surface area (Å²) in [5, 5.41) is 14.3. The lowest BCUT2D eigenvalue weighted by molar-refractivity contribution is -0.384. The van der Waals surface area contributed by atoms with E-state index in [1.807, 2.05) is 6.92 Å². The van der Waals surface area contributed by atoms with Crippen molar-refractivity contribution >= 4 is 21.9 Å². The molecule has 0 aliphatic rings. The fourth-order valence-electron chi connectivity index (χ4n) is 1.82. The van der Waals surface area contributed by atoms with E-state index >= 15 is 0 Å². The molecule has 0 aliphatic carbocycles. The summed E-state index contributed by atoms with van der Waals surface area (Å²) in [5.41, 5.74) is 0.298. The summed E-state index contributed by atoms with van der Waals surface area (Å²) in [6, 6.07) is 11.6. The van der Waals surface area contributed by atoms with Crippen LogP contribution in [0.4, 0.5) is 5.69 Å². The Labute approximate surface area is 139 Å². The monoisotopic (exact) mass is 349 g/mol. The first-order valence-corrected chi connectivity index (χ1v) is 8.43. The van der Waals surface area contributed by atoms with Crippen LogP contribution in [-0.2, 0) is 10.0 Å². The number of rotatable bonds is 7. The van der Waals surface area contributed by atoms with Gasteiger partial charge in [0.15, 0.2) is 0 Å². The van der Waals surface area contributed by atoms with E-state index in [1.54, 1.807) is 18.2 Å². The third-order valence-corrected chi connectivity index (χ3v) is 4.15. The SMILES string of the molecule is CCOc1ccc(S(=O)(=O)N/N=C\c2cccc([N+](=O)[O-])c2)cc1. The average Bonchev–Trinajstić information content (AvgIpc) is 2.56. The lowest BCUT2D eigenvalue weighted by Gasteiger charge is -2.05. The summed E-state index contributed by atoms with van der Waals surface area (Å²) < 4.78 is 29.4. The number of nitrogens with one attached hydrogen (secondary N) is 1. The lowest BCUT2D eigenvalue weighted by atomic mass is 10.2. The van der Waals surface area contributed by atoms with Crippen LogP contribution in [0.25, 0.3) is 0 Å². The minimum absolute atomic E-state index is 0.0298. The van der Waals surface area contributed by atoms with Gasteiger partial charge in [-0.25, -0.2) is 4.83 Å². The van der Waals surface area contributed by atoms with Crippen molar-refractivity contribution in [2.24, 2.45) is 5.10 Å². The number of nitrogens with zero attached hydrogens (tertiary/aromatic N) is 2. The van der Waals surface area contributed by atoms with Crippen molar-refractivity contribution in [1.29, 1.82) is 0 Å². The largest absolute Gasteiger partial charge is 0.494 e. The predicted octanol–water partition coefficient (Wildman–Crippen LogP) is 2.31. The quantitative estimate of drug-likeness (QED) is 0.468. The van der Waals surface area contributed by atoms with Crippen molar-refractivity contribution in [3.63, 3.8) is 0 Å². The lowest BCUT2D eigenvalue weighted by Crippen LogP contribution is -2.18. The second-order valence-corrected chi connectivity index (χ2v) is 6.27. The Morgan fingerprint density at radius 3 is 2.58 bits per heavy atom. The van der Waals surface area contributed by atoms with E-state index in [1.165, 1.54) is 36.5 Å². The summed E-state index contributed by atoms with van der Waals surface area (Å²) in [4.78, 5) is 12.2. The van der Waals surface area contributed by atoms with Crippen LogP contribution in [0, 0.1) is 10.1 Å². The second-order valence-electron chi connectivity index (χ2n) is 4.61. The van der Waals surface area contributed by atoms with E-state index in [-0.39, 0.29) is 10.6 Å². The molecule has 2 rings (SSSR count). The Kier molecular flexibility index (Phi) is 5.48. The van der Waals surface area contributed by atoms with E-state index < -0.39 is 14.9 Å². The molecule has 0 radical (unpaired) electrons. The molecule has 9 heteroatoms. The van der Waals surface area contributed by atoms with Gasteiger partial charge >= 0.3 is 0 Å². The molecule has 126 valence electrons. The molecule has 1 N–H and O–H groups in total. The van der Waals surface area contributed by atoms with Crippen molar-refractivity contribution < 1.29 is 18.1 Å². The molecule has 0 atom stereocenters. The van der Waals surface area contributed by atoms with Crippen LogP contribution < -0.4 is 9.57 Å². The van der Waals surface area contributed by atoms with Crippen molar-refractivity contribution in [3.8, 4) is 5.75 Å². The molecule has 8 nitrogen and oxygen atoms in total. The number of sulfonamides is 1. The molecule has 0 aromatic heterocycles. The van der Waals surface area contributed by atoms with Gasteiger partial charge in [0.05, 0.1) is 22.6 Å². The van der Waals surface area contributed by atoms with Gasteiger partial charge < -0.3 is 4.74 Å². The normalized spacial score (nSPS) is 11.4. The minimum atomic E-state index is -3.83. The van der Waals surface area contributed by atoms with E-state index in [4.69, 9.17) is 4.74 Å². The first-order valence-electron chi connectivity index (χ1n) is 6.94. The third kappa shape index (κ3) is 4.53. The number of non-ortho nitro benzene ring substituents is 1. The number of nitro benzene ring substituents is 1. The number of nitro groups is 1. The molecule has 0 spiro atoms. The predicted molar refractivity (Wildman–Crippen MR) is 88.6 cm³/mol. The van der Waals surface area contributed by atoms with Gasteiger partial charge in [0.1, 0.15) is 5.75 Å². The van der Waals surface area contributed by atoms with Gasteiger partial charge in [0, 0.05) is 17.7 Å². The number of hydrazone groups is 1. The van der Waals surface area contributed by atoms with Crippen LogP contribution in [-0.4, -0.2) is 26.2 Å². The Bertz CT molecular complexity index is 848. The van der Waals surface area contributed by atoms with Gasteiger partial charge in [-0.05, 0) is 31.2 Å². The number of benzene rings is 2. The molecule has 0 fully saturated rings. The molecule has 24 heavy (non-hydrogen) atoms. The van der Waals surface area contributed by atoms with Gasteiger partial charge in [-0.2, -0.15) is 13.5 Å². The Morgan fingerprint density at radius 2 is 1.96 bits per heavy atom. The van der Waals surface area contributed by atoms with E-state index in [9.17, 15) is 18.5 Å². The van der Waals surface area contributed by atoms with Crippen LogP contribution in [0.15, 0.2) is 58.5 Å². The number of ether oxygens (including phenoxy) is 1. The highest BCUT2D eigenvalue weighted by molar-refractivity contribution is 7.89. The van der Waals surface area contributed by atoms with Crippen LogP contribution >= 0.6 is 0 Å². The molecule has 0 bridgehead atoms. The maximum atomic E-state index is 12.1. The molecular formula is C15H15N3O5S. The van der Waals surface area contributed by atoms with Crippen molar-refractivity contribution in [3.05, 3.63) is 64.2 Å². The van der Waals surface area contributed by atoms with Gasteiger partial charge in [-0.3, -0.25) is 10.1 Å². The summed E-state index contributed by atoms with van der Waals surface area (Å²) >= 11 is 0. The summed E-state index contributed by atoms with van der Waals surface area (Å²) in [6.45, 7) is 2.31. The minimum Gasteiger partial charge on any atom is -0.494 e. The average molecular weight is 349 g/mol. The Hall–Kier alpha value is -2.94. The number of hydrogen-bond donors (Lipinski definition) is 1. The van der Waals surface area contributed by atoms with Crippen LogP contribution in [0.5, 0.6) is 5.75 Å². The molecule has 2 aromatic carbocycles. The van der Waals surface area contributed by atoms with E-state index in [0.29, 0.717) is 17.9 Å². The fourth-order valence-corrected chi connectivity index (χ4v) is 2.61. The second kappa shape index (κ2) is 7.55. The first kappa shape index (κ1) is 17.4. The highest BCUT2D eigenvalue weighted by Crippen LogP contribution is 2.16. The fraction of sp³-hybridized carbons (Fsp3) is 0.133. The Balaban J connectivity index is 2.09. The Morgan fingerprint density at radius 1 is 1.25 bits per heavy atom. The maximum absolute atomic E-state index is 12.1. The van der Waals surface area contributed by atoms with Crippen molar-refractivity contribution in [2.45, 2.75) is 11.8 Å². The molecule has 0 amide bonds. The maximum Gasteiger partial charge on any atom is 0.276 e. The molecule has 0 heterocycles. The summed E-state index contributed by atoms with van der Waals surface area (Å²) in [6.07, 6.45) is 1.19. The van der Waals surface area contributed by atoms with Gasteiger partial charge in [0.25, 0.3) is 15.7 Å². The molecule has 0 unspecified atom stereocenters. The van der Waals surface area contributed by atoms with Crippen molar-refractivity contribution in [1.82, 2.24) is 4.83 Å². The zero-order chi connectivity index (χ0) is 17.6. The van der Waals surface area contributed by atoms with Crippen LogP contribution in [0.1, 0.15) is 12.5 Å². The number of hydrogen-bond acceptors (Lipinski definition) is 6. The zero-order valence-electron chi connectivity index (χ0n) is 12.7. The highest BCUT2D eigenvalue weighted by atomic mass is 32.2. The zero-order valence-corrected chi connectivity index (χ0v) is 13.6. The highest BCUT2D eigenvalue weighted by Gasteiger charge is 2.12. The molecular weight excluding hydrogens is 334 g/mol. The molecule has 0 saturated heterocycles. The van der Waals surface area contributed by atoms with E-state index in [2.05, 4.69) is 9.93 Å². The smallest absolute Gasteiger partial charge is 0.276 e. The molecule has 2 aromatic rings. The van der Waals surface area contributed by atoms with E-state index in [0.717, 1.165) is 0 Å². The first-order chi connectivity index (χ1) is 11.4. The summed E-state index contributed by atoms with van der Waals surface area (Å²) in [7, 11) is -3.83. The van der Waals surface area contributed by atoms with Gasteiger partial charge in [-0.15, -0.1) is 0 Å². The van der Waals surface area contributed by atoms with Gasteiger partial charge in [0.2, 0.25) is 0 Å². The van der Waals surface area contributed by atoms with Crippen LogP contribution in [0.3, 0.4) is 0 Å². The topological polar surface area (TPSA) is 111 Å². The third-order valence-electron chi connectivity index (χ3n) is 2.91. The molecule has 0 saturated carbocycles. The van der Waals surface area contributed by atoms with Crippen molar-refractivity contribution in [2.75, 3.05) is 6.61 Å². The van der Waals surface area contributed by atoms with Gasteiger partial charge in [-0.1, -0.05) is 12.1 Å². The molecule has 0 aliphatic heterocycles. The summed E-state index contributed by atoms with van der Waals surface area (Å²) in [5.74, 6) is 0.566.